The van der Waals surface area contributed by atoms with Gasteiger partial charge in [-0.1, -0.05) is 6.07 Å². The first-order chi connectivity index (χ1) is 7.70. The molecule has 0 spiro atoms. The van der Waals surface area contributed by atoms with Gasteiger partial charge in [-0.05, 0) is 12.1 Å². The molecule has 0 saturated heterocycles. The Morgan fingerprint density at radius 2 is 1.94 bits per heavy atom. The predicted molar refractivity (Wildman–Crippen MR) is 57.2 cm³/mol. The van der Waals surface area contributed by atoms with Crippen molar-refractivity contribution in [2.45, 2.75) is 12.4 Å². The summed E-state index contributed by atoms with van der Waals surface area (Å²) < 4.78 is 28.1. The molecule has 0 atom stereocenters. The van der Waals surface area contributed by atoms with Crippen molar-refractivity contribution in [1.29, 1.82) is 0 Å². The van der Waals surface area contributed by atoms with E-state index < -0.39 is 11.6 Å². The van der Waals surface area contributed by atoms with Gasteiger partial charge in [0.05, 0.1) is 18.6 Å². The highest BCUT2D eigenvalue weighted by molar-refractivity contribution is 6.17. The smallest absolute Gasteiger partial charge is 0.131 e. The van der Waals surface area contributed by atoms with Gasteiger partial charge in [-0.2, -0.15) is 5.10 Å². The van der Waals surface area contributed by atoms with Crippen LogP contribution in [0.2, 0.25) is 0 Å². The highest BCUT2D eigenvalue weighted by atomic mass is 35.5. The van der Waals surface area contributed by atoms with Crippen LogP contribution in [-0.4, -0.2) is 9.78 Å². The lowest BCUT2D eigenvalue weighted by atomic mass is 10.2. The molecular formula is C11H9ClF2N2. The molecule has 0 fully saturated rings. The molecule has 5 heteroatoms. The number of hydrogen-bond donors (Lipinski definition) is 0. The number of alkyl halides is 1. The van der Waals surface area contributed by atoms with Crippen molar-refractivity contribution in [1.82, 2.24) is 9.78 Å². The zero-order valence-electron chi connectivity index (χ0n) is 8.33. The summed E-state index contributed by atoms with van der Waals surface area (Å²) in [5, 5.41) is 3.96. The lowest BCUT2D eigenvalue weighted by Crippen LogP contribution is -2.04. The number of nitrogens with zero attached hydrogens (tertiary/aromatic N) is 2. The summed E-state index contributed by atoms with van der Waals surface area (Å²) >= 11 is 5.60. The summed E-state index contributed by atoms with van der Waals surface area (Å²) in [5.74, 6) is -0.800. The molecule has 0 radical (unpaired) electrons. The number of rotatable bonds is 3. The molecule has 84 valence electrons. The second kappa shape index (κ2) is 4.61. The summed E-state index contributed by atoms with van der Waals surface area (Å²) in [5.41, 5.74) is 0.824. The number of halogens is 3. The van der Waals surface area contributed by atoms with Crippen LogP contribution in [0.1, 0.15) is 11.1 Å². The van der Waals surface area contributed by atoms with Gasteiger partial charge in [0.1, 0.15) is 11.6 Å². The van der Waals surface area contributed by atoms with E-state index >= 15 is 0 Å². The van der Waals surface area contributed by atoms with E-state index in [-0.39, 0.29) is 12.1 Å². The molecular weight excluding hydrogens is 234 g/mol. The fraction of sp³-hybridized carbons (Fsp3) is 0.182. The molecule has 1 aromatic carbocycles. The van der Waals surface area contributed by atoms with Crippen molar-refractivity contribution in [3.8, 4) is 0 Å². The average molecular weight is 243 g/mol. The van der Waals surface area contributed by atoms with E-state index in [1.807, 2.05) is 0 Å². The van der Waals surface area contributed by atoms with Crippen LogP contribution in [-0.2, 0) is 12.4 Å². The quantitative estimate of drug-likeness (QED) is 0.757. The third-order valence-electron chi connectivity index (χ3n) is 2.22. The Kier molecular flexibility index (Phi) is 3.19. The lowest BCUT2D eigenvalue weighted by Gasteiger charge is -2.04. The van der Waals surface area contributed by atoms with Crippen LogP contribution < -0.4 is 0 Å². The van der Waals surface area contributed by atoms with Gasteiger partial charge in [0.25, 0.3) is 0 Å². The number of hydrogen-bond acceptors (Lipinski definition) is 1. The van der Waals surface area contributed by atoms with Crippen LogP contribution in [0.25, 0.3) is 0 Å². The maximum absolute atomic E-state index is 13.3. The van der Waals surface area contributed by atoms with Crippen molar-refractivity contribution < 1.29 is 8.78 Å². The molecule has 0 aliphatic heterocycles. The van der Waals surface area contributed by atoms with Crippen LogP contribution in [0.3, 0.4) is 0 Å². The molecule has 16 heavy (non-hydrogen) atoms. The van der Waals surface area contributed by atoms with Crippen LogP contribution in [0, 0.1) is 11.6 Å². The Hall–Kier alpha value is -1.42. The van der Waals surface area contributed by atoms with Gasteiger partial charge in [0.15, 0.2) is 0 Å². The van der Waals surface area contributed by atoms with Crippen molar-refractivity contribution in [2.24, 2.45) is 0 Å². The molecule has 0 amide bonds. The van der Waals surface area contributed by atoms with Gasteiger partial charge < -0.3 is 0 Å². The Morgan fingerprint density at radius 3 is 2.50 bits per heavy atom. The van der Waals surface area contributed by atoms with Crippen LogP contribution >= 0.6 is 11.6 Å². The van der Waals surface area contributed by atoms with Crippen molar-refractivity contribution in [3.63, 3.8) is 0 Å². The molecule has 2 aromatic rings. The van der Waals surface area contributed by atoms with Crippen LogP contribution in [0.15, 0.2) is 30.6 Å². The third kappa shape index (κ3) is 2.22. The highest BCUT2D eigenvalue weighted by Gasteiger charge is 2.09. The Bertz CT molecular complexity index is 476. The Labute approximate surface area is 96.5 Å². The summed E-state index contributed by atoms with van der Waals surface area (Å²) in [6.07, 6.45) is 3.24. The molecule has 1 aromatic heterocycles. The minimum atomic E-state index is -0.567. The van der Waals surface area contributed by atoms with E-state index in [1.165, 1.54) is 22.9 Å². The molecule has 0 bridgehead atoms. The standard InChI is InChI=1S/C11H9ClF2N2/c12-4-8-5-15-16(6-8)7-9-10(13)2-1-3-11(9)14/h1-3,5-6H,4,7H2. The SMILES string of the molecule is Fc1cccc(F)c1Cn1cc(CCl)cn1. The van der Waals surface area contributed by atoms with E-state index in [0.717, 1.165) is 5.56 Å². The van der Waals surface area contributed by atoms with E-state index in [1.54, 1.807) is 12.4 Å². The first-order valence-electron chi connectivity index (χ1n) is 4.71. The molecule has 2 nitrogen and oxygen atoms in total. The second-order valence-electron chi connectivity index (χ2n) is 3.38. The van der Waals surface area contributed by atoms with E-state index in [4.69, 9.17) is 11.6 Å². The fourth-order valence-corrected chi connectivity index (χ4v) is 1.55. The number of benzene rings is 1. The molecule has 0 unspecified atom stereocenters. The summed E-state index contributed by atoms with van der Waals surface area (Å²) in [6.45, 7) is 0.0649. The molecule has 2 rings (SSSR count). The molecule has 0 aliphatic rings. The maximum atomic E-state index is 13.3. The second-order valence-corrected chi connectivity index (χ2v) is 3.65. The van der Waals surface area contributed by atoms with Gasteiger partial charge in [-0.15, -0.1) is 11.6 Å². The number of aromatic nitrogens is 2. The lowest BCUT2D eigenvalue weighted by molar-refractivity contribution is 0.533. The molecule has 0 saturated carbocycles. The molecule has 1 heterocycles. The maximum Gasteiger partial charge on any atom is 0.131 e. The third-order valence-corrected chi connectivity index (χ3v) is 2.53. The van der Waals surface area contributed by atoms with E-state index in [9.17, 15) is 8.78 Å². The van der Waals surface area contributed by atoms with Gasteiger partial charge >= 0.3 is 0 Å². The van der Waals surface area contributed by atoms with Crippen LogP contribution in [0.5, 0.6) is 0 Å². The van der Waals surface area contributed by atoms with Gasteiger partial charge in [0, 0.05) is 17.3 Å². The first kappa shape index (κ1) is 11.1. The zero-order valence-corrected chi connectivity index (χ0v) is 9.09. The highest BCUT2D eigenvalue weighted by Crippen LogP contribution is 2.13. The average Bonchev–Trinajstić information content (AvgIpc) is 2.71. The predicted octanol–water partition coefficient (Wildman–Crippen LogP) is 2.95. The fourth-order valence-electron chi connectivity index (χ4n) is 1.41. The minimum absolute atomic E-state index is 0.00622. The van der Waals surface area contributed by atoms with Crippen molar-refractivity contribution in [3.05, 3.63) is 53.4 Å². The largest absolute Gasteiger partial charge is 0.268 e. The first-order valence-corrected chi connectivity index (χ1v) is 5.24. The van der Waals surface area contributed by atoms with E-state index in [2.05, 4.69) is 5.10 Å². The Morgan fingerprint density at radius 1 is 1.25 bits per heavy atom. The summed E-state index contributed by atoms with van der Waals surface area (Å²) in [6, 6.07) is 3.79. The van der Waals surface area contributed by atoms with Crippen molar-refractivity contribution in [2.75, 3.05) is 0 Å². The topological polar surface area (TPSA) is 17.8 Å². The molecule has 0 N–H and O–H groups in total. The zero-order chi connectivity index (χ0) is 11.5. The van der Waals surface area contributed by atoms with Crippen molar-refractivity contribution >= 4 is 11.6 Å². The summed E-state index contributed by atoms with van der Waals surface area (Å²) in [7, 11) is 0. The Balaban J connectivity index is 2.26. The van der Waals surface area contributed by atoms with Crippen LogP contribution in [0.4, 0.5) is 8.78 Å². The van der Waals surface area contributed by atoms with E-state index in [0.29, 0.717) is 5.88 Å². The van der Waals surface area contributed by atoms with Gasteiger partial charge in [-0.3, -0.25) is 4.68 Å². The van der Waals surface area contributed by atoms with Gasteiger partial charge in [-0.25, -0.2) is 8.78 Å². The normalized spacial score (nSPS) is 10.7. The minimum Gasteiger partial charge on any atom is -0.268 e. The summed E-state index contributed by atoms with van der Waals surface area (Å²) in [4.78, 5) is 0. The monoisotopic (exact) mass is 242 g/mol. The molecule has 0 aliphatic carbocycles. The van der Waals surface area contributed by atoms with Gasteiger partial charge in [0.2, 0.25) is 0 Å².